The molecule has 0 spiro atoms. The van der Waals surface area contributed by atoms with Crippen molar-refractivity contribution in [2.45, 2.75) is 33.2 Å². The maximum Gasteiger partial charge on any atom is 0.140 e. The van der Waals surface area contributed by atoms with E-state index in [1.54, 1.807) is 0 Å². The Balaban J connectivity index is 2.53. The van der Waals surface area contributed by atoms with E-state index in [2.05, 4.69) is 42.0 Å². The van der Waals surface area contributed by atoms with Gasteiger partial charge in [-0.25, -0.2) is 0 Å². The molecule has 0 aromatic heterocycles. The van der Waals surface area contributed by atoms with E-state index in [-0.39, 0.29) is 5.54 Å². The van der Waals surface area contributed by atoms with Gasteiger partial charge in [0.05, 0.1) is 5.02 Å². The minimum absolute atomic E-state index is 0.113. The van der Waals surface area contributed by atoms with E-state index < -0.39 is 0 Å². The van der Waals surface area contributed by atoms with Crippen LogP contribution in [0.25, 0.3) is 0 Å². The predicted octanol–water partition coefficient (Wildman–Crippen LogP) is 4.18. The van der Waals surface area contributed by atoms with Crippen LogP contribution in [0.15, 0.2) is 16.6 Å². The van der Waals surface area contributed by atoms with Crippen molar-refractivity contribution >= 4 is 27.5 Å². The van der Waals surface area contributed by atoms with Gasteiger partial charge in [-0.1, -0.05) is 27.5 Å². The first kappa shape index (κ1) is 14.8. The van der Waals surface area contributed by atoms with Crippen LogP contribution >= 0.6 is 27.5 Å². The van der Waals surface area contributed by atoms with E-state index in [4.69, 9.17) is 16.3 Å². The van der Waals surface area contributed by atoms with Crippen molar-refractivity contribution in [2.75, 3.05) is 13.2 Å². The van der Waals surface area contributed by atoms with Crippen molar-refractivity contribution in [2.24, 2.45) is 0 Å². The summed E-state index contributed by atoms with van der Waals surface area (Å²) in [6, 6.07) is 3.85. The zero-order valence-corrected chi connectivity index (χ0v) is 13.1. The van der Waals surface area contributed by atoms with E-state index >= 15 is 0 Å². The summed E-state index contributed by atoms with van der Waals surface area (Å²) in [6.45, 7) is 9.79. The summed E-state index contributed by atoms with van der Waals surface area (Å²) < 4.78 is 6.68. The zero-order valence-electron chi connectivity index (χ0n) is 10.7. The molecule has 2 nitrogen and oxygen atoms in total. The highest BCUT2D eigenvalue weighted by atomic mass is 79.9. The second-order valence-electron chi connectivity index (χ2n) is 5.06. The van der Waals surface area contributed by atoms with Gasteiger partial charge in [-0.2, -0.15) is 0 Å². The number of hydrogen-bond donors (Lipinski definition) is 1. The van der Waals surface area contributed by atoms with Crippen molar-refractivity contribution in [3.63, 3.8) is 0 Å². The lowest BCUT2D eigenvalue weighted by molar-refractivity contribution is 0.289. The van der Waals surface area contributed by atoms with Crippen LogP contribution in [-0.2, 0) is 0 Å². The Labute approximate surface area is 117 Å². The second-order valence-corrected chi connectivity index (χ2v) is 6.38. The molecule has 4 heteroatoms. The van der Waals surface area contributed by atoms with Crippen LogP contribution < -0.4 is 10.1 Å². The van der Waals surface area contributed by atoms with Gasteiger partial charge < -0.3 is 10.1 Å². The van der Waals surface area contributed by atoms with Crippen LogP contribution in [0.4, 0.5) is 0 Å². The summed E-state index contributed by atoms with van der Waals surface area (Å²) in [5.74, 6) is 0.769. The molecule has 17 heavy (non-hydrogen) atoms. The molecule has 0 amide bonds. The molecule has 1 rings (SSSR count). The third-order valence-electron chi connectivity index (χ3n) is 2.20. The molecule has 0 saturated heterocycles. The minimum Gasteiger partial charge on any atom is -0.490 e. The molecule has 0 atom stereocenters. The largest absolute Gasteiger partial charge is 0.490 e. The fourth-order valence-corrected chi connectivity index (χ4v) is 2.48. The fraction of sp³-hybridized carbons (Fsp3) is 0.538. The monoisotopic (exact) mass is 319 g/mol. The quantitative estimate of drug-likeness (QED) is 0.840. The molecule has 0 unspecified atom stereocenters. The molecule has 0 aliphatic heterocycles. The average molecular weight is 321 g/mol. The highest BCUT2D eigenvalue weighted by Gasteiger charge is 2.09. The Hall–Kier alpha value is -0.250. The maximum atomic E-state index is 6.13. The Morgan fingerprint density at radius 2 is 2.00 bits per heavy atom. The lowest BCUT2D eigenvalue weighted by atomic mass is 10.1. The van der Waals surface area contributed by atoms with E-state index in [1.165, 1.54) is 0 Å². The van der Waals surface area contributed by atoms with Crippen LogP contribution in [0, 0.1) is 6.92 Å². The third-order valence-corrected chi connectivity index (χ3v) is 2.94. The van der Waals surface area contributed by atoms with Crippen LogP contribution in [0.3, 0.4) is 0 Å². The van der Waals surface area contributed by atoms with Crippen LogP contribution in [0.5, 0.6) is 5.75 Å². The number of nitrogens with one attached hydrogen (secondary N) is 1. The van der Waals surface area contributed by atoms with E-state index in [0.29, 0.717) is 11.6 Å². The first-order chi connectivity index (χ1) is 7.79. The molecule has 0 radical (unpaired) electrons. The van der Waals surface area contributed by atoms with Gasteiger partial charge in [0.25, 0.3) is 0 Å². The van der Waals surface area contributed by atoms with Gasteiger partial charge in [-0.3, -0.25) is 0 Å². The molecule has 0 saturated carbocycles. The highest BCUT2D eigenvalue weighted by molar-refractivity contribution is 9.10. The summed E-state index contributed by atoms with van der Waals surface area (Å²) in [6.07, 6.45) is 0. The first-order valence-electron chi connectivity index (χ1n) is 5.63. The second kappa shape index (κ2) is 6.07. The predicted molar refractivity (Wildman–Crippen MR) is 77.1 cm³/mol. The number of benzene rings is 1. The van der Waals surface area contributed by atoms with Crippen molar-refractivity contribution in [3.05, 3.63) is 27.2 Å². The normalized spacial score (nSPS) is 11.6. The van der Waals surface area contributed by atoms with Gasteiger partial charge in [0, 0.05) is 16.6 Å². The zero-order chi connectivity index (χ0) is 13.1. The minimum atomic E-state index is 0.113. The summed E-state index contributed by atoms with van der Waals surface area (Å²) in [5.41, 5.74) is 1.15. The molecule has 1 N–H and O–H groups in total. The molecular weight excluding hydrogens is 302 g/mol. The number of aryl methyl sites for hydroxylation is 1. The Kier molecular flexibility index (Phi) is 5.29. The maximum absolute atomic E-state index is 6.13. The smallest absolute Gasteiger partial charge is 0.140 e. The standard InChI is InChI=1S/C13H19BrClNO/c1-9-7-10(14)8-11(15)12(9)17-6-5-16-13(2,3)4/h7-8,16H,5-6H2,1-4H3. The van der Waals surface area contributed by atoms with Crippen molar-refractivity contribution in [1.29, 1.82) is 0 Å². The van der Waals surface area contributed by atoms with E-state index in [0.717, 1.165) is 22.3 Å². The molecule has 0 aliphatic carbocycles. The number of halogens is 2. The SMILES string of the molecule is Cc1cc(Br)cc(Cl)c1OCCNC(C)(C)C. The van der Waals surface area contributed by atoms with Crippen molar-refractivity contribution < 1.29 is 4.74 Å². The van der Waals surface area contributed by atoms with Gasteiger partial charge in [-0.15, -0.1) is 0 Å². The fourth-order valence-electron chi connectivity index (χ4n) is 1.45. The van der Waals surface area contributed by atoms with Crippen LogP contribution in [0.2, 0.25) is 5.02 Å². The van der Waals surface area contributed by atoms with Crippen LogP contribution in [-0.4, -0.2) is 18.7 Å². The van der Waals surface area contributed by atoms with Crippen LogP contribution in [0.1, 0.15) is 26.3 Å². The lowest BCUT2D eigenvalue weighted by Crippen LogP contribution is -2.38. The number of rotatable bonds is 4. The topological polar surface area (TPSA) is 21.3 Å². The molecule has 0 heterocycles. The van der Waals surface area contributed by atoms with Gasteiger partial charge >= 0.3 is 0 Å². The Morgan fingerprint density at radius 3 is 2.53 bits per heavy atom. The van der Waals surface area contributed by atoms with Gasteiger partial charge in [-0.05, 0) is 45.4 Å². The Bertz CT molecular complexity index is 364. The molecule has 0 bridgehead atoms. The van der Waals surface area contributed by atoms with Crippen molar-refractivity contribution in [1.82, 2.24) is 5.32 Å². The van der Waals surface area contributed by atoms with Gasteiger partial charge in [0.2, 0.25) is 0 Å². The highest BCUT2D eigenvalue weighted by Crippen LogP contribution is 2.31. The first-order valence-corrected chi connectivity index (χ1v) is 6.80. The molecule has 1 aromatic carbocycles. The lowest BCUT2D eigenvalue weighted by Gasteiger charge is -2.21. The summed E-state index contributed by atoms with van der Waals surface area (Å²) in [7, 11) is 0. The molecule has 1 aromatic rings. The summed E-state index contributed by atoms with van der Waals surface area (Å²) >= 11 is 9.53. The van der Waals surface area contributed by atoms with E-state index in [9.17, 15) is 0 Å². The molecular formula is C13H19BrClNO. The molecule has 0 fully saturated rings. The number of ether oxygens (including phenoxy) is 1. The Morgan fingerprint density at radius 1 is 1.35 bits per heavy atom. The molecule has 96 valence electrons. The number of hydrogen-bond acceptors (Lipinski definition) is 2. The summed E-state index contributed by atoms with van der Waals surface area (Å²) in [4.78, 5) is 0. The van der Waals surface area contributed by atoms with Crippen molar-refractivity contribution in [3.8, 4) is 5.75 Å². The van der Waals surface area contributed by atoms with E-state index in [1.807, 2.05) is 19.1 Å². The summed E-state index contributed by atoms with van der Waals surface area (Å²) in [5, 5.41) is 4.01. The third kappa shape index (κ3) is 5.28. The van der Waals surface area contributed by atoms with Gasteiger partial charge in [0.1, 0.15) is 12.4 Å². The van der Waals surface area contributed by atoms with Gasteiger partial charge in [0.15, 0.2) is 0 Å². The average Bonchev–Trinajstić information content (AvgIpc) is 2.13. The molecule has 0 aliphatic rings.